The quantitative estimate of drug-likeness (QED) is 0.503. The summed E-state index contributed by atoms with van der Waals surface area (Å²) in [5.74, 6) is 2.47. The molecule has 0 saturated carbocycles. The fourth-order valence-corrected chi connectivity index (χ4v) is 1.08. The maximum absolute atomic E-state index is 3.19. The number of thioether (sulfide) groups is 1. The minimum absolute atomic E-state index is 0. The van der Waals surface area contributed by atoms with Gasteiger partial charge in [0, 0.05) is 37.7 Å². The molecular weight excluding hydrogens is 147 g/mol. The van der Waals surface area contributed by atoms with Crippen LogP contribution in [0.25, 0.3) is 0 Å². The molecule has 0 amide bonds. The summed E-state index contributed by atoms with van der Waals surface area (Å²) >= 11 is 1.96. The summed E-state index contributed by atoms with van der Waals surface area (Å²) in [6.45, 7) is 1.21. The molecular formula is C3H7NSZn. The molecule has 1 fully saturated rings. The van der Waals surface area contributed by atoms with E-state index in [9.17, 15) is 0 Å². The molecule has 0 bridgehead atoms. The minimum atomic E-state index is 0. The topological polar surface area (TPSA) is 12.0 Å². The third-order valence-corrected chi connectivity index (χ3v) is 1.53. The summed E-state index contributed by atoms with van der Waals surface area (Å²) in [6.07, 6.45) is 0. The average molecular weight is 155 g/mol. The van der Waals surface area contributed by atoms with Crippen LogP contribution in [0.4, 0.5) is 0 Å². The van der Waals surface area contributed by atoms with Gasteiger partial charge in [0.2, 0.25) is 0 Å². The SMILES string of the molecule is C1CSCN1.[Zn]. The summed E-state index contributed by atoms with van der Waals surface area (Å²) in [5.41, 5.74) is 0. The van der Waals surface area contributed by atoms with Gasteiger partial charge >= 0.3 is 0 Å². The van der Waals surface area contributed by atoms with Crippen LogP contribution in [0.3, 0.4) is 0 Å². The molecule has 1 aliphatic rings. The first-order chi connectivity index (χ1) is 2.50. The average Bonchev–Trinajstić information content (AvgIpc) is 1.76. The molecule has 1 heterocycles. The van der Waals surface area contributed by atoms with Crippen LogP contribution in [0.15, 0.2) is 0 Å². The fraction of sp³-hybridized carbons (Fsp3) is 1.00. The number of hydrogen-bond acceptors (Lipinski definition) is 2. The summed E-state index contributed by atoms with van der Waals surface area (Å²) in [6, 6.07) is 0. The van der Waals surface area contributed by atoms with Gasteiger partial charge in [-0.3, -0.25) is 0 Å². The predicted octanol–water partition coefficient (Wildman–Crippen LogP) is 0.278. The van der Waals surface area contributed by atoms with Crippen molar-refractivity contribution in [3.8, 4) is 0 Å². The molecule has 0 spiro atoms. The monoisotopic (exact) mass is 153 g/mol. The largest absolute Gasteiger partial charge is 0.307 e. The maximum atomic E-state index is 3.19. The predicted molar refractivity (Wildman–Crippen MR) is 25.3 cm³/mol. The van der Waals surface area contributed by atoms with Crippen molar-refractivity contribution in [1.82, 2.24) is 5.32 Å². The molecule has 0 aromatic rings. The van der Waals surface area contributed by atoms with Crippen molar-refractivity contribution >= 4 is 11.8 Å². The van der Waals surface area contributed by atoms with E-state index in [1.807, 2.05) is 11.8 Å². The second kappa shape index (κ2) is 4.10. The van der Waals surface area contributed by atoms with E-state index in [0.29, 0.717) is 0 Å². The van der Waals surface area contributed by atoms with E-state index >= 15 is 0 Å². The molecule has 0 aliphatic carbocycles. The smallest absolute Gasteiger partial charge is 0.0418 e. The van der Waals surface area contributed by atoms with Crippen molar-refractivity contribution in [2.24, 2.45) is 0 Å². The number of nitrogens with one attached hydrogen (secondary N) is 1. The van der Waals surface area contributed by atoms with Crippen LogP contribution >= 0.6 is 11.8 Å². The zero-order valence-corrected chi connectivity index (χ0v) is 7.52. The summed E-state index contributed by atoms with van der Waals surface area (Å²) in [5, 5.41) is 3.19. The number of hydrogen-bond donors (Lipinski definition) is 1. The molecule has 0 aromatic heterocycles. The van der Waals surface area contributed by atoms with Gasteiger partial charge in [-0.05, 0) is 0 Å². The van der Waals surface area contributed by atoms with Crippen molar-refractivity contribution in [3.63, 3.8) is 0 Å². The summed E-state index contributed by atoms with van der Waals surface area (Å²) < 4.78 is 0. The zero-order chi connectivity index (χ0) is 3.54. The van der Waals surface area contributed by atoms with Crippen molar-refractivity contribution in [3.05, 3.63) is 0 Å². The summed E-state index contributed by atoms with van der Waals surface area (Å²) in [4.78, 5) is 0. The van der Waals surface area contributed by atoms with E-state index in [2.05, 4.69) is 5.32 Å². The molecule has 0 radical (unpaired) electrons. The first-order valence-electron chi connectivity index (χ1n) is 1.78. The van der Waals surface area contributed by atoms with Gasteiger partial charge in [0.25, 0.3) is 0 Å². The fourth-order valence-electron chi connectivity index (χ4n) is 0.361. The molecule has 0 atom stereocenters. The molecule has 6 heavy (non-hydrogen) atoms. The second-order valence-electron chi connectivity index (χ2n) is 1.05. The van der Waals surface area contributed by atoms with Crippen molar-refractivity contribution in [2.75, 3.05) is 18.2 Å². The molecule has 1 aliphatic heterocycles. The first kappa shape index (κ1) is 6.93. The van der Waals surface area contributed by atoms with Crippen molar-refractivity contribution < 1.29 is 19.5 Å². The van der Waals surface area contributed by atoms with Crippen LogP contribution in [0.2, 0.25) is 0 Å². The van der Waals surface area contributed by atoms with Gasteiger partial charge in [0.05, 0.1) is 0 Å². The molecule has 0 aromatic carbocycles. The Bertz CT molecular complexity index is 22.4. The van der Waals surface area contributed by atoms with Crippen molar-refractivity contribution in [1.29, 1.82) is 0 Å². The van der Waals surface area contributed by atoms with Crippen LogP contribution in [0.5, 0.6) is 0 Å². The zero-order valence-electron chi connectivity index (χ0n) is 3.74. The van der Waals surface area contributed by atoms with Crippen LogP contribution < -0.4 is 5.32 Å². The van der Waals surface area contributed by atoms with Gasteiger partial charge < -0.3 is 5.32 Å². The Hall–Kier alpha value is 0.933. The van der Waals surface area contributed by atoms with Gasteiger partial charge in [0.15, 0.2) is 0 Å². The van der Waals surface area contributed by atoms with E-state index in [1.54, 1.807) is 0 Å². The molecule has 1 N–H and O–H groups in total. The van der Waals surface area contributed by atoms with Gasteiger partial charge in [-0.1, -0.05) is 0 Å². The maximum Gasteiger partial charge on any atom is 0.0418 e. The van der Waals surface area contributed by atoms with E-state index < -0.39 is 0 Å². The van der Waals surface area contributed by atoms with Gasteiger partial charge in [0.1, 0.15) is 0 Å². The van der Waals surface area contributed by atoms with Gasteiger partial charge in [-0.15, -0.1) is 11.8 Å². The Morgan fingerprint density at radius 3 is 2.50 bits per heavy atom. The Morgan fingerprint density at radius 2 is 2.33 bits per heavy atom. The van der Waals surface area contributed by atoms with Crippen LogP contribution in [0, 0.1) is 0 Å². The third kappa shape index (κ3) is 2.17. The molecule has 0 unspecified atom stereocenters. The number of rotatable bonds is 0. The van der Waals surface area contributed by atoms with Gasteiger partial charge in [-0.25, -0.2) is 0 Å². The normalized spacial score (nSPS) is 20.0. The Balaban J connectivity index is 0.000000250. The van der Waals surface area contributed by atoms with Crippen LogP contribution in [-0.2, 0) is 19.5 Å². The Kier molecular flexibility index (Phi) is 4.74. The molecule has 1 saturated heterocycles. The van der Waals surface area contributed by atoms with E-state index in [-0.39, 0.29) is 19.5 Å². The molecule has 1 nitrogen and oxygen atoms in total. The molecule has 32 valence electrons. The van der Waals surface area contributed by atoms with E-state index in [1.165, 1.54) is 18.2 Å². The Labute approximate surface area is 55.0 Å². The second-order valence-corrected chi connectivity index (χ2v) is 2.16. The molecule has 3 heteroatoms. The molecule has 1 rings (SSSR count). The standard InChI is InChI=1S/C3H7NS.Zn/c1-2-5-3-4-1;/h4H,1-3H2;. The van der Waals surface area contributed by atoms with Crippen molar-refractivity contribution in [2.45, 2.75) is 0 Å². The minimum Gasteiger partial charge on any atom is -0.307 e. The third-order valence-electron chi connectivity index (χ3n) is 0.627. The Morgan fingerprint density at radius 1 is 1.50 bits per heavy atom. The van der Waals surface area contributed by atoms with E-state index in [4.69, 9.17) is 0 Å². The van der Waals surface area contributed by atoms with Crippen LogP contribution in [0.1, 0.15) is 0 Å². The summed E-state index contributed by atoms with van der Waals surface area (Å²) in [7, 11) is 0. The first-order valence-corrected chi connectivity index (χ1v) is 2.94. The van der Waals surface area contributed by atoms with Gasteiger partial charge in [-0.2, -0.15) is 0 Å². The van der Waals surface area contributed by atoms with E-state index in [0.717, 1.165) is 0 Å². The van der Waals surface area contributed by atoms with Crippen LogP contribution in [-0.4, -0.2) is 18.2 Å².